The highest BCUT2D eigenvalue weighted by Gasteiger charge is 2.19. The molecule has 0 aromatic carbocycles. The van der Waals surface area contributed by atoms with Gasteiger partial charge in [0.25, 0.3) is 0 Å². The van der Waals surface area contributed by atoms with Crippen LogP contribution in [-0.2, 0) is 4.79 Å². The molecule has 0 fully saturated rings. The summed E-state index contributed by atoms with van der Waals surface area (Å²) < 4.78 is 0.934. The molecule has 0 aromatic rings. The van der Waals surface area contributed by atoms with E-state index in [9.17, 15) is 9.90 Å². The van der Waals surface area contributed by atoms with Crippen molar-refractivity contribution < 1.29 is 19.5 Å². The predicted octanol–water partition coefficient (Wildman–Crippen LogP) is 10.5. The zero-order valence-electron chi connectivity index (χ0n) is 27.0. The van der Waals surface area contributed by atoms with Gasteiger partial charge in [0, 0.05) is 6.42 Å². The second-order valence-corrected chi connectivity index (χ2v) is 13.3. The molecular formula is C35H72NO3+. The monoisotopic (exact) mass is 555 g/mol. The number of hydrogen-bond donors (Lipinski definition) is 2. The summed E-state index contributed by atoms with van der Waals surface area (Å²) in [6.45, 7) is 4.33. The van der Waals surface area contributed by atoms with E-state index in [1.807, 2.05) is 0 Å². The normalized spacial score (nSPS) is 12.7. The molecule has 234 valence electrons. The number of unbranched alkanes of at least 4 members (excludes halogenated alkanes) is 24. The van der Waals surface area contributed by atoms with E-state index >= 15 is 0 Å². The standard InChI is InChI=1S/C35H71NO3/c1-4-5-6-7-8-9-10-11-12-13-14-15-16-18-21-24-27-30-34(37)33-36(2,3)32-29-26-23-20-17-19-22-25-28-31-35(38)39/h34,37H,4-33H2,1-3H3/p+1. The molecule has 0 aromatic heterocycles. The minimum absolute atomic E-state index is 0.155. The molecule has 1 atom stereocenters. The van der Waals surface area contributed by atoms with E-state index in [4.69, 9.17) is 5.11 Å². The SMILES string of the molecule is CCCCCCCCCCCCCCCCCCCC(O)C[N+](C)(C)CCCCCCCCCCCC(=O)O. The molecule has 0 heterocycles. The van der Waals surface area contributed by atoms with Crippen LogP contribution in [0.3, 0.4) is 0 Å². The van der Waals surface area contributed by atoms with Crippen LogP contribution in [0.5, 0.6) is 0 Å². The van der Waals surface area contributed by atoms with E-state index in [-0.39, 0.29) is 6.10 Å². The van der Waals surface area contributed by atoms with Crippen molar-refractivity contribution in [3.05, 3.63) is 0 Å². The molecule has 4 nitrogen and oxygen atoms in total. The average molecular weight is 555 g/mol. The number of carboxylic acids is 1. The van der Waals surface area contributed by atoms with Crippen molar-refractivity contribution in [2.45, 2.75) is 193 Å². The number of nitrogens with zero attached hydrogens (tertiary/aromatic N) is 1. The van der Waals surface area contributed by atoms with Gasteiger partial charge in [-0.05, 0) is 25.7 Å². The molecule has 0 spiro atoms. The summed E-state index contributed by atoms with van der Waals surface area (Å²) in [5.74, 6) is -0.667. The Morgan fingerprint density at radius 1 is 0.538 bits per heavy atom. The van der Waals surface area contributed by atoms with E-state index in [1.54, 1.807) is 0 Å². The average Bonchev–Trinajstić information content (AvgIpc) is 2.88. The number of carboxylic acid groups (broad SMARTS) is 1. The first kappa shape index (κ1) is 38.4. The van der Waals surface area contributed by atoms with Gasteiger partial charge < -0.3 is 14.7 Å². The van der Waals surface area contributed by atoms with Crippen molar-refractivity contribution >= 4 is 5.97 Å². The van der Waals surface area contributed by atoms with Gasteiger partial charge in [0.15, 0.2) is 0 Å². The van der Waals surface area contributed by atoms with Gasteiger partial charge in [0.2, 0.25) is 0 Å². The Bertz CT molecular complexity index is 508. The zero-order chi connectivity index (χ0) is 28.9. The van der Waals surface area contributed by atoms with Crippen molar-refractivity contribution in [2.75, 3.05) is 27.2 Å². The number of aliphatic hydroxyl groups is 1. The highest BCUT2D eigenvalue weighted by molar-refractivity contribution is 5.66. The molecule has 39 heavy (non-hydrogen) atoms. The maximum atomic E-state index is 10.6. The summed E-state index contributed by atoms with van der Waals surface area (Å²) in [6, 6.07) is 0. The summed E-state index contributed by atoms with van der Waals surface area (Å²) in [5, 5.41) is 19.2. The Morgan fingerprint density at radius 2 is 0.872 bits per heavy atom. The van der Waals surface area contributed by atoms with E-state index in [0.717, 1.165) is 36.8 Å². The number of likely N-dealkylation sites (N-methyl/N-ethyl adjacent to an activating group) is 1. The van der Waals surface area contributed by atoms with Gasteiger partial charge in [-0.1, -0.05) is 155 Å². The van der Waals surface area contributed by atoms with Crippen LogP contribution in [0.1, 0.15) is 187 Å². The third kappa shape index (κ3) is 31.8. The second-order valence-electron chi connectivity index (χ2n) is 13.3. The number of carbonyl (C=O) groups is 1. The molecule has 0 saturated heterocycles. The van der Waals surface area contributed by atoms with Crippen molar-refractivity contribution in [2.24, 2.45) is 0 Å². The van der Waals surface area contributed by atoms with Gasteiger partial charge in [-0.3, -0.25) is 4.79 Å². The van der Waals surface area contributed by atoms with Crippen LogP contribution in [0, 0.1) is 0 Å². The van der Waals surface area contributed by atoms with Crippen LogP contribution in [0.15, 0.2) is 0 Å². The quantitative estimate of drug-likeness (QED) is 0.0642. The zero-order valence-corrected chi connectivity index (χ0v) is 27.0. The number of quaternary nitrogens is 1. The first-order valence-electron chi connectivity index (χ1n) is 17.6. The van der Waals surface area contributed by atoms with Crippen molar-refractivity contribution in [1.29, 1.82) is 0 Å². The van der Waals surface area contributed by atoms with Crippen LogP contribution < -0.4 is 0 Å². The molecule has 0 aliphatic carbocycles. The molecule has 4 heteroatoms. The number of rotatable bonds is 32. The van der Waals surface area contributed by atoms with E-state index in [1.165, 1.54) is 154 Å². The Kier molecular flexibility index (Phi) is 28.4. The fraction of sp³-hybridized carbons (Fsp3) is 0.971. The molecular weight excluding hydrogens is 482 g/mol. The van der Waals surface area contributed by atoms with Gasteiger partial charge >= 0.3 is 5.97 Å². The molecule has 0 radical (unpaired) electrons. The van der Waals surface area contributed by atoms with E-state index in [0.29, 0.717) is 6.42 Å². The van der Waals surface area contributed by atoms with Crippen molar-refractivity contribution in [1.82, 2.24) is 0 Å². The molecule has 0 saturated carbocycles. The van der Waals surface area contributed by atoms with Crippen LogP contribution in [0.25, 0.3) is 0 Å². The molecule has 0 amide bonds. The second kappa shape index (κ2) is 28.9. The fourth-order valence-electron chi connectivity index (χ4n) is 5.91. The molecule has 0 bridgehead atoms. The maximum Gasteiger partial charge on any atom is 0.303 e. The number of aliphatic hydroxyl groups excluding tert-OH is 1. The first-order valence-corrected chi connectivity index (χ1v) is 17.6. The summed E-state index contributed by atoms with van der Waals surface area (Å²) in [6.07, 6.45) is 35.6. The highest BCUT2D eigenvalue weighted by Crippen LogP contribution is 2.16. The lowest BCUT2D eigenvalue weighted by Gasteiger charge is -2.32. The summed E-state index contributed by atoms with van der Waals surface area (Å²) >= 11 is 0. The summed E-state index contributed by atoms with van der Waals surface area (Å²) in [7, 11) is 4.55. The Hall–Kier alpha value is -0.610. The Labute approximate surface area is 245 Å². The minimum atomic E-state index is -0.667. The maximum absolute atomic E-state index is 10.6. The topological polar surface area (TPSA) is 57.5 Å². The fourth-order valence-corrected chi connectivity index (χ4v) is 5.91. The molecule has 2 N–H and O–H groups in total. The minimum Gasteiger partial charge on any atom is -0.481 e. The molecule has 0 aliphatic rings. The largest absolute Gasteiger partial charge is 0.481 e. The highest BCUT2D eigenvalue weighted by atomic mass is 16.4. The molecule has 0 rings (SSSR count). The van der Waals surface area contributed by atoms with Crippen LogP contribution >= 0.6 is 0 Å². The van der Waals surface area contributed by atoms with Crippen molar-refractivity contribution in [3.63, 3.8) is 0 Å². The Balaban J connectivity index is 3.40. The number of hydrogen-bond acceptors (Lipinski definition) is 2. The lowest BCUT2D eigenvalue weighted by atomic mass is 10.0. The van der Waals surface area contributed by atoms with Crippen LogP contribution in [0.2, 0.25) is 0 Å². The van der Waals surface area contributed by atoms with Gasteiger partial charge in [-0.15, -0.1) is 0 Å². The predicted molar refractivity (Wildman–Crippen MR) is 170 cm³/mol. The summed E-state index contributed by atoms with van der Waals surface area (Å²) in [4.78, 5) is 10.5. The lowest BCUT2D eigenvalue weighted by Crippen LogP contribution is -2.45. The van der Waals surface area contributed by atoms with Crippen LogP contribution in [-0.4, -0.2) is 54.0 Å². The molecule has 1 unspecified atom stereocenters. The van der Waals surface area contributed by atoms with Gasteiger partial charge in [-0.25, -0.2) is 0 Å². The number of aliphatic carboxylic acids is 1. The third-order valence-electron chi connectivity index (χ3n) is 8.50. The van der Waals surface area contributed by atoms with Gasteiger partial charge in [0.1, 0.15) is 12.6 Å². The van der Waals surface area contributed by atoms with Crippen molar-refractivity contribution in [3.8, 4) is 0 Å². The summed E-state index contributed by atoms with van der Waals surface area (Å²) in [5.41, 5.74) is 0. The lowest BCUT2D eigenvalue weighted by molar-refractivity contribution is -0.893. The molecule has 0 aliphatic heterocycles. The van der Waals surface area contributed by atoms with Gasteiger partial charge in [0.05, 0.1) is 20.6 Å². The van der Waals surface area contributed by atoms with E-state index in [2.05, 4.69) is 21.0 Å². The van der Waals surface area contributed by atoms with E-state index < -0.39 is 5.97 Å². The smallest absolute Gasteiger partial charge is 0.303 e. The van der Waals surface area contributed by atoms with Crippen LogP contribution in [0.4, 0.5) is 0 Å². The third-order valence-corrected chi connectivity index (χ3v) is 8.50. The first-order chi connectivity index (χ1) is 18.9. The van der Waals surface area contributed by atoms with Gasteiger partial charge in [-0.2, -0.15) is 0 Å². The Morgan fingerprint density at radius 3 is 1.26 bits per heavy atom.